The van der Waals surface area contributed by atoms with Crippen molar-refractivity contribution < 1.29 is 4.92 Å². The third kappa shape index (κ3) is 3.27. The SMILES string of the molecule is O=[N+]([O-])c1ccc(C=NN2CCCCC2)cc1. The maximum Gasteiger partial charge on any atom is 0.269 e. The summed E-state index contributed by atoms with van der Waals surface area (Å²) in [4.78, 5) is 10.1. The number of nitrogens with zero attached hydrogens (tertiary/aromatic N) is 3. The summed E-state index contributed by atoms with van der Waals surface area (Å²) < 4.78 is 0. The second kappa shape index (κ2) is 5.43. The fraction of sp³-hybridized carbons (Fsp3) is 0.417. The number of rotatable bonds is 3. The smallest absolute Gasteiger partial charge is 0.269 e. The van der Waals surface area contributed by atoms with E-state index in [1.165, 1.54) is 31.4 Å². The highest BCUT2D eigenvalue weighted by Gasteiger charge is 2.06. The number of benzene rings is 1. The van der Waals surface area contributed by atoms with E-state index in [9.17, 15) is 10.1 Å². The van der Waals surface area contributed by atoms with Crippen molar-refractivity contribution >= 4 is 11.9 Å². The van der Waals surface area contributed by atoms with Gasteiger partial charge in [0.25, 0.3) is 5.69 Å². The van der Waals surface area contributed by atoms with Gasteiger partial charge in [0.2, 0.25) is 0 Å². The number of hydrogen-bond acceptors (Lipinski definition) is 4. The third-order valence-electron chi connectivity index (χ3n) is 2.81. The van der Waals surface area contributed by atoms with Crippen LogP contribution in [0.3, 0.4) is 0 Å². The van der Waals surface area contributed by atoms with Gasteiger partial charge in [-0.1, -0.05) is 0 Å². The van der Waals surface area contributed by atoms with Gasteiger partial charge in [-0.3, -0.25) is 15.1 Å². The van der Waals surface area contributed by atoms with Gasteiger partial charge in [0.15, 0.2) is 0 Å². The predicted octanol–water partition coefficient (Wildman–Crippen LogP) is 2.41. The molecule has 1 aromatic carbocycles. The molecule has 0 aliphatic carbocycles. The van der Waals surface area contributed by atoms with Crippen LogP contribution >= 0.6 is 0 Å². The van der Waals surface area contributed by atoms with Crippen LogP contribution in [0.15, 0.2) is 29.4 Å². The zero-order valence-corrected chi connectivity index (χ0v) is 9.58. The Balaban J connectivity index is 1.98. The van der Waals surface area contributed by atoms with Crippen molar-refractivity contribution in [2.24, 2.45) is 5.10 Å². The Morgan fingerprint density at radius 2 is 1.82 bits per heavy atom. The van der Waals surface area contributed by atoms with E-state index in [0.717, 1.165) is 18.7 Å². The van der Waals surface area contributed by atoms with Crippen LogP contribution in [0, 0.1) is 10.1 Å². The lowest BCUT2D eigenvalue weighted by atomic mass is 10.2. The molecule has 1 heterocycles. The lowest BCUT2D eigenvalue weighted by Gasteiger charge is -2.23. The van der Waals surface area contributed by atoms with E-state index in [-0.39, 0.29) is 5.69 Å². The number of nitro benzene ring substituents is 1. The molecule has 90 valence electrons. The number of piperidine rings is 1. The van der Waals surface area contributed by atoms with Crippen molar-refractivity contribution in [3.63, 3.8) is 0 Å². The first kappa shape index (κ1) is 11.6. The van der Waals surface area contributed by atoms with Crippen molar-refractivity contribution in [3.8, 4) is 0 Å². The minimum atomic E-state index is -0.397. The van der Waals surface area contributed by atoms with E-state index in [1.54, 1.807) is 18.3 Å². The molecule has 0 radical (unpaired) electrons. The van der Waals surface area contributed by atoms with Crippen LogP contribution in [0.1, 0.15) is 24.8 Å². The quantitative estimate of drug-likeness (QED) is 0.457. The lowest BCUT2D eigenvalue weighted by molar-refractivity contribution is -0.384. The van der Waals surface area contributed by atoms with Crippen LogP contribution in [0.4, 0.5) is 5.69 Å². The van der Waals surface area contributed by atoms with E-state index in [1.807, 2.05) is 5.01 Å². The molecule has 0 aromatic heterocycles. The Morgan fingerprint density at radius 3 is 2.41 bits per heavy atom. The molecule has 1 aliphatic rings. The molecule has 0 bridgehead atoms. The molecule has 0 atom stereocenters. The summed E-state index contributed by atoms with van der Waals surface area (Å²) in [5.74, 6) is 0. The first-order valence-corrected chi connectivity index (χ1v) is 5.79. The molecule has 17 heavy (non-hydrogen) atoms. The summed E-state index contributed by atoms with van der Waals surface area (Å²) in [6, 6.07) is 6.42. The fourth-order valence-electron chi connectivity index (χ4n) is 1.82. The summed E-state index contributed by atoms with van der Waals surface area (Å²) in [6.07, 6.45) is 5.42. The average Bonchev–Trinajstić information content (AvgIpc) is 2.38. The van der Waals surface area contributed by atoms with Gasteiger partial charge < -0.3 is 0 Å². The first-order valence-electron chi connectivity index (χ1n) is 5.79. The van der Waals surface area contributed by atoms with Crippen LogP contribution in [0.25, 0.3) is 0 Å². The summed E-state index contributed by atoms with van der Waals surface area (Å²) in [6.45, 7) is 2.01. The molecule has 5 nitrogen and oxygen atoms in total. The molecule has 0 N–H and O–H groups in total. The van der Waals surface area contributed by atoms with Crippen LogP contribution in [0.5, 0.6) is 0 Å². The standard InChI is InChI=1S/C12H15N3O2/c16-15(17)12-6-4-11(5-7-12)10-13-14-8-2-1-3-9-14/h4-7,10H,1-3,8-9H2. The average molecular weight is 233 g/mol. The summed E-state index contributed by atoms with van der Waals surface area (Å²) >= 11 is 0. The Kier molecular flexibility index (Phi) is 3.69. The van der Waals surface area contributed by atoms with Crippen molar-refractivity contribution in [2.45, 2.75) is 19.3 Å². The van der Waals surface area contributed by atoms with Crippen molar-refractivity contribution in [1.82, 2.24) is 5.01 Å². The monoisotopic (exact) mass is 233 g/mol. The van der Waals surface area contributed by atoms with Crippen LogP contribution in [0.2, 0.25) is 0 Å². The molecule has 1 fully saturated rings. The van der Waals surface area contributed by atoms with Crippen LogP contribution in [-0.4, -0.2) is 29.2 Å². The number of hydrazone groups is 1. The highest BCUT2D eigenvalue weighted by Crippen LogP contribution is 2.12. The van der Waals surface area contributed by atoms with Crippen molar-refractivity contribution in [3.05, 3.63) is 39.9 Å². The van der Waals surface area contributed by atoms with Gasteiger partial charge in [0, 0.05) is 25.2 Å². The molecular weight excluding hydrogens is 218 g/mol. The van der Waals surface area contributed by atoms with Gasteiger partial charge in [-0.05, 0) is 37.0 Å². The topological polar surface area (TPSA) is 58.7 Å². The summed E-state index contributed by atoms with van der Waals surface area (Å²) in [5.41, 5.74) is 1.00. The zero-order chi connectivity index (χ0) is 12.1. The number of non-ortho nitro benzene ring substituents is 1. The second-order valence-electron chi connectivity index (χ2n) is 4.11. The van der Waals surface area contributed by atoms with Gasteiger partial charge in [-0.15, -0.1) is 0 Å². The molecule has 2 rings (SSSR count). The minimum Gasteiger partial charge on any atom is -0.297 e. The van der Waals surface area contributed by atoms with Gasteiger partial charge in [0.05, 0.1) is 11.1 Å². The van der Waals surface area contributed by atoms with Crippen LogP contribution < -0.4 is 0 Å². The van der Waals surface area contributed by atoms with Crippen molar-refractivity contribution in [1.29, 1.82) is 0 Å². The first-order chi connectivity index (χ1) is 8.25. The van der Waals surface area contributed by atoms with Crippen LogP contribution in [-0.2, 0) is 0 Å². The number of nitro groups is 1. The van der Waals surface area contributed by atoms with E-state index >= 15 is 0 Å². The fourth-order valence-corrected chi connectivity index (χ4v) is 1.82. The predicted molar refractivity (Wildman–Crippen MR) is 66.1 cm³/mol. The molecule has 1 aromatic rings. The zero-order valence-electron chi connectivity index (χ0n) is 9.58. The molecule has 0 unspecified atom stereocenters. The molecule has 1 aliphatic heterocycles. The molecule has 5 heteroatoms. The largest absolute Gasteiger partial charge is 0.297 e. The Bertz CT molecular complexity index is 408. The van der Waals surface area contributed by atoms with E-state index < -0.39 is 4.92 Å². The summed E-state index contributed by atoms with van der Waals surface area (Å²) in [7, 11) is 0. The molecule has 1 saturated heterocycles. The van der Waals surface area contributed by atoms with E-state index in [0.29, 0.717) is 0 Å². The normalized spacial score (nSPS) is 16.4. The molecular formula is C12H15N3O2. The lowest BCUT2D eigenvalue weighted by Crippen LogP contribution is -2.24. The highest BCUT2D eigenvalue weighted by molar-refractivity contribution is 5.79. The van der Waals surface area contributed by atoms with E-state index in [2.05, 4.69) is 5.10 Å². The minimum absolute atomic E-state index is 0.111. The molecule has 0 saturated carbocycles. The van der Waals surface area contributed by atoms with Gasteiger partial charge >= 0.3 is 0 Å². The Morgan fingerprint density at radius 1 is 1.18 bits per heavy atom. The van der Waals surface area contributed by atoms with Gasteiger partial charge in [-0.25, -0.2) is 0 Å². The maximum absolute atomic E-state index is 10.5. The second-order valence-corrected chi connectivity index (χ2v) is 4.11. The Hall–Kier alpha value is -1.91. The summed E-state index contributed by atoms with van der Waals surface area (Å²) in [5, 5.41) is 16.9. The maximum atomic E-state index is 10.5. The van der Waals surface area contributed by atoms with E-state index in [4.69, 9.17) is 0 Å². The van der Waals surface area contributed by atoms with Gasteiger partial charge in [-0.2, -0.15) is 5.10 Å². The number of hydrogen-bond donors (Lipinski definition) is 0. The molecule has 0 amide bonds. The molecule has 0 spiro atoms. The van der Waals surface area contributed by atoms with Crippen molar-refractivity contribution in [2.75, 3.05) is 13.1 Å². The Labute approximate surface area is 99.9 Å². The highest BCUT2D eigenvalue weighted by atomic mass is 16.6. The third-order valence-corrected chi connectivity index (χ3v) is 2.81. The van der Waals surface area contributed by atoms with Gasteiger partial charge in [0.1, 0.15) is 0 Å².